The minimum atomic E-state index is -4.14. The van der Waals surface area contributed by atoms with E-state index < -0.39 is 23.9 Å². The van der Waals surface area contributed by atoms with Crippen LogP contribution in [0, 0.1) is 16.7 Å². The lowest BCUT2D eigenvalue weighted by molar-refractivity contribution is -0.135. The van der Waals surface area contributed by atoms with Gasteiger partial charge in [-0.3, -0.25) is 4.79 Å². The summed E-state index contributed by atoms with van der Waals surface area (Å²) >= 11 is 0. The van der Waals surface area contributed by atoms with Crippen LogP contribution in [0.2, 0.25) is 0 Å². The van der Waals surface area contributed by atoms with Gasteiger partial charge in [0.1, 0.15) is 5.41 Å². The number of nitriles is 1. The highest BCUT2D eigenvalue weighted by atomic mass is 19.4. The summed E-state index contributed by atoms with van der Waals surface area (Å²) in [7, 11) is 0. The summed E-state index contributed by atoms with van der Waals surface area (Å²) < 4.78 is 35.3. The summed E-state index contributed by atoms with van der Waals surface area (Å²) in [6.45, 7) is 3.08. The quantitative estimate of drug-likeness (QED) is 0.745. The molecule has 0 aromatic rings. The number of nitrogens with one attached hydrogen (secondary N) is 1. The summed E-state index contributed by atoms with van der Waals surface area (Å²) in [5.74, 6) is -0.456. The first kappa shape index (κ1) is 14.8. The predicted molar refractivity (Wildman–Crippen MR) is 52.3 cm³/mol. The van der Waals surface area contributed by atoms with Gasteiger partial charge >= 0.3 is 6.18 Å². The molecule has 0 fully saturated rings. The van der Waals surface area contributed by atoms with E-state index in [-0.39, 0.29) is 19.4 Å². The molecule has 0 unspecified atom stereocenters. The fraction of sp³-hybridized carbons (Fsp3) is 0.800. The Morgan fingerprint density at radius 1 is 1.31 bits per heavy atom. The third-order valence-electron chi connectivity index (χ3n) is 2.02. The highest BCUT2D eigenvalue weighted by molar-refractivity contribution is 5.84. The molecule has 0 saturated heterocycles. The molecule has 0 aromatic heterocycles. The summed E-state index contributed by atoms with van der Waals surface area (Å²) in [6.07, 6.45) is -4.75. The molecule has 6 heteroatoms. The number of nitrogens with zero attached hydrogens (tertiary/aromatic N) is 1. The van der Waals surface area contributed by atoms with Crippen LogP contribution in [0.15, 0.2) is 0 Å². The molecule has 1 amide bonds. The van der Waals surface area contributed by atoms with E-state index in [1.54, 1.807) is 0 Å². The van der Waals surface area contributed by atoms with Crippen molar-refractivity contribution >= 4 is 5.91 Å². The largest absolute Gasteiger partial charge is 0.389 e. The van der Waals surface area contributed by atoms with E-state index in [9.17, 15) is 18.0 Å². The van der Waals surface area contributed by atoms with Gasteiger partial charge in [-0.05, 0) is 26.7 Å². The maximum Gasteiger partial charge on any atom is 0.389 e. The van der Waals surface area contributed by atoms with Gasteiger partial charge in [0.2, 0.25) is 5.91 Å². The lowest BCUT2D eigenvalue weighted by Gasteiger charge is -2.14. The van der Waals surface area contributed by atoms with Crippen LogP contribution in [0.5, 0.6) is 0 Å². The number of carbonyl (C=O) groups is 1. The first-order valence-electron chi connectivity index (χ1n) is 4.95. The molecule has 0 spiro atoms. The normalized spacial score (nSPS) is 12.0. The van der Waals surface area contributed by atoms with Crippen molar-refractivity contribution in [1.29, 1.82) is 5.26 Å². The fourth-order valence-electron chi connectivity index (χ4n) is 0.924. The Morgan fingerprint density at radius 2 is 1.88 bits per heavy atom. The lowest BCUT2D eigenvalue weighted by atomic mass is 9.95. The second-order valence-electron chi connectivity index (χ2n) is 4.06. The van der Waals surface area contributed by atoms with Gasteiger partial charge in [-0.1, -0.05) is 0 Å². The second kappa shape index (κ2) is 5.73. The molecule has 1 N–H and O–H groups in total. The number of alkyl halides is 3. The van der Waals surface area contributed by atoms with Gasteiger partial charge in [-0.25, -0.2) is 0 Å². The maximum absolute atomic E-state index is 11.8. The summed E-state index contributed by atoms with van der Waals surface area (Å²) in [4.78, 5) is 11.3. The summed E-state index contributed by atoms with van der Waals surface area (Å²) in [5.41, 5.74) is -1.13. The molecule has 0 aliphatic heterocycles. The molecule has 0 bridgehead atoms. The van der Waals surface area contributed by atoms with Gasteiger partial charge in [-0.2, -0.15) is 18.4 Å². The lowest BCUT2D eigenvalue weighted by Crippen LogP contribution is -2.36. The van der Waals surface area contributed by atoms with E-state index in [1.165, 1.54) is 13.8 Å². The average molecular weight is 236 g/mol. The smallest absolute Gasteiger partial charge is 0.355 e. The average Bonchev–Trinajstić information content (AvgIpc) is 2.15. The van der Waals surface area contributed by atoms with Gasteiger partial charge in [0.05, 0.1) is 6.07 Å². The Balaban J connectivity index is 3.70. The Morgan fingerprint density at radius 3 is 2.31 bits per heavy atom. The monoisotopic (exact) mass is 236 g/mol. The number of hydrogen-bond acceptors (Lipinski definition) is 2. The molecule has 0 rings (SSSR count). The van der Waals surface area contributed by atoms with Crippen LogP contribution < -0.4 is 5.32 Å². The highest BCUT2D eigenvalue weighted by Crippen LogP contribution is 2.21. The van der Waals surface area contributed by atoms with Gasteiger partial charge in [0.25, 0.3) is 0 Å². The minimum Gasteiger partial charge on any atom is -0.355 e. The van der Waals surface area contributed by atoms with Crippen LogP contribution in [-0.4, -0.2) is 18.6 Å². The van der Waals surface area contributed by atoms with E-state index >= 15 is 0 Å². The van der Waals surface area contributed by atoms with Crippen LogP contribution in [0.4, 0.5) is 13.2 Å². The van der Waals surface area contributed by atoms with E-state index in [2.05, 4.69) is 5.32 Å². The standard InChI is InChI=1S/C10H15F3N2O/c1-9(2,7-14)8(16)15-6-4-3-5-10(11,12)13/h3-6H2,1-2H3,(H,15,16). The molecule has 0 aliphatic carbocycles. The number of halogens is 3. The van der Waals surface area contributed by atoms with Crippen molar-refractivity contribution in [2.75, 3.05) is 6.54 Å². The van der Waals surface area contributed by atoms with Crippen LogP contribution in [0.3, 0.4) is 0 Å². The van der Waals surface area contributed by atoms with Crippen LogP contribution in [0.1, 0.15) is 33.1 Å². The number of unbranched alkanes of at least 4 members (excludes halogenated alkanes) is 1. The Labute approximate surface area is 92.6 Å². The van der Waals surface area contributed by atoms with Crippen LogP contribution in [0.25, 0.3) is 0 Å². The van der Waals surface area contributed by atoms with Crippen molar-refractivity contribution in [3.8, 4) is 6.07 Å². The van der Waals surface area contributed by atoms with Gasteiger partial charge in [-0.15, -0.1) is 0 Å². The number of hydrogen-bond donors (Lipinski definition) is 1. The zero-order valence-corrected chi connectivity index (χ0v) is 9.32. The minimum absolute atomic E-state index is 0.0171. The van der Waals surface area contributed by atoms with Crippen LogP contribution >= 0.6 is 0 Å². The SMILES string of the molecule is CC(C)(C#N)C(=O)NCCCCC(F)(F)F. The molecular weight excluding hydrogens is 221 g/mol. The topological polar surface area (TPSA) is 52.9 Å². The summed E-state index contributed by atoms with van der Waals surface area (Å²) in [5, 5.41) is 11.0. The van der Waals surface area contributed by atoms with E-state index in [0.29, 0.717) is 0 Å². The van der Waals surface area contributed by atoms with E-state index in [4.69, 9.17) is 5.26 Å². The Kier molecular flexibility index (Phi) is 5.28. The van der Waals surface area contributed by atoms with Gasteiger partial charge in [0.15, 0.2) is 0 Å². The third kappa shape index (κ3) is 6.27. The van der Waals surface area contributed by atoms with Crippen molar-refractivity contribution in [2.24, 2.45) is 5.41 Å². The number of rotatable bonds is 5. The zero-order valence-electron chi connectivity index (χ0n) is 9.32. The molecular formula is C10H15F3N2O. The predicted octanol–water partition coefficient (Wildman–Crippen LogP) is 2.38. The molecule has 0 heterocycles. The Bertz CT molecular complexity index is 279. The number of carbonyl (C=O) groups excluding carboxylic acids is 1. The maximum atomic E-state index is 11.8. The highest BCUT2D eigenvalue weighted by Gasteiger charge is 2.27. The zero-order chi connectivity index (χ0) is 12.8. The van der Waals surface area contributed by atoms with E-state index in [1.807, 2.05) is 6.07 Å². The second-order valence-corrected chi connectivity index (χ2v) is 4.06. The molecule has 16 heavy (non-hydrogen) atoms. The number of amides is 1. The molecule has 0 atom stereocenters. The first-order valence-corrected chi connectivity index (χ1v) is 4.95. The third-order valence-corrected chi connectivity index (χ3v) is 2.02. The molecule has 0 aliphatic rings. The van der Waals surface area contributed by atoms with Crippen molar-refractivity contribution < 1.29 is 18.0 Å². The van der Waals surface area contributed by atoms with Gasteiger partial charge in [0, 0.05) is 13.0 Å². The van der Waals surface area contributed by atoms with Crippen molar-refractivity contribution in [3.63, 3.8) is 0 Å². The van der Waals surface area contributed by atoms with Crippen LogP contribution in [-0.2, 0) is 4.79 Å². The summed E-state index contributed by atoms with van der Waals surface area (Å²) in [6, 6.07) is 1.81. The molecule has 0 aromatic carbocycles. The molecule has 92 valence electrons. The Hall–Kier alpha value is -1.25. The van der Waals surface area contributed by atoms with Crippen molar-refractivity contribution in [1.82, 2.24) is 5.32 Å². The first-order chi connectivity index (χ1) is 7.19. The molecule has 3 nitrogen and oxygen atoms in total. The fourth-order valence-corrected chi connectivity index (χ4v) is 0.924. The van der Waals surface area contributed by atoms with Gasteiger partial charge < -0.3 is 5.32 Å². The van der Waals surface area contributed by atoms with E-state index in [0.717, 1.165) is 0 Å². The van der Waals surface area contributed by atoms with Crippen molar-refractivity contribution in [3.05, 3.63) is 0 Å². The van der Waals surface area contributed by atoms with Crippen molar-refractivity contribution in [2.45, 2.75) is 39.3 Å². The molecule has 0 radical (unpaired) electrons. The molecule has 0 saturated carbocycles.